The van der Waals surface area contributed by atoms with E-state index in [4.69, 9.17) is 4.42 Å². The van der Waals surface area contributed by atoms with Crippen molar-refractivity contribution in [2.45, 2.75) is 13.0 Å². The van der Waals surface area contributed by atoms with Crippen LogP contribution in [0.4, 0.5) is 5.69 Å². The summed E-state index contributed by atoms with van der Waals surface area (Å²) in [7, 11) is 0. The molecule has 0 aliphatic rings. The molecule has 1 heterocycles. The SMILES string of the molecule is Cc1cc(O)ccc1NC(c1ccccc1)c1ccco1. The summed E-state index contributed by atoms with van der Waals surface area (Å²) in [5, 5.41) is 13.0. The summed E-state index contributed by atoms with van der Waals surface area (Å²) < 4.78 is 5.57. The number of phenolic OH excluding ortho intramolecular Hbond substituents is 1. The van der Waals surface area contributed by atoms with E-state index in [9.17, 15) is 5.11 Å². The van der Waals surface area contributed by atoms with E-state index in [2.05, 4.69) is 17.4 Å². The third kappa shape index (κ3) is 2.92. The number of nitrogens with one attached hydrogen (secondary N) is 1. The summed E-state index contributed by atoms with van der Waals surface area (Å²) in [6, 6.07) is 19.2. The molecule has 21 heavy (non-hydrogen) atoms. The third-order valence-corrected chi connectivity index (χ3v) is 3.47. The van der Waals surface area contributed by atoms with E-state index < -0.39 is 0 Å². The third-order valence-electron chi connectivity index (χ3n) is 3.47. The van der Waals surface area contributed by atoms with Gasteiger partial charge in [-0.25, -0.2) is 0 Å². The molecule has 3 aromatic rings. The molecule has 106 valence electrons. The van der Waals surface area contributed by atoms with Crippen molar-refractivity contribution in [3.05, 3.63) is 83.8 Å². The monoisotopic (exact) mass is 279 g/mol. The first-order valence-corrected chi connectivity index (χ1v) is 6.88. The molecule has 0 amide bonds. The lowest BCUT2D eigenvalue weighted by Gasteiger charge is -2.20. The van der Waals surface area contributed by atoms with Gasteiger partial charge in [-0.15, -0.1) is 0 Å². The van der Waals surface area contributed by atoms with Crippen LogP contribution >= 0.6 is 0 Å². The molecule has 3 heteroatoms. The van der Waals surface area contributed by atoms with Gasteiger partial charge in [-0.1, -0.05) is 30.3 Å². The van der Waals surface area contributed by atoms with E-state index in [1.165, 1.54) is 0 Å². The zero-order valence-electron chi connectivity index (χ0n) is 11.8. The molecular formula is C18H17NO2. The number of benzene rings is 2. The predicted molar refractivity (Wildman–Crippen MR) is 83.5 cm³/mol. The van der Waals surface area contributed by atoms with E-state index in [0.717, 1.165) is 22.6 Å². The van der Waals surface area contributed by atoms with E-state index >= 15 is 0 Å². The Morgan fingerprint density at radius 2 is 1.81 bits per heavy atom. The maximum atomic E-state index is 9.53. The highest BCUT2D eigenvalue weighted by molar-refractivity contribution is 5.55. The summed E-state index contributed by atoms with van der Waals surface area (Å²) in [5.74, 6) is 1.13. The number of anilines is 1. The van der Waals surface area contributed by atoms with Crippen LogP contribution in [-0.4, -0.2) is 5.11 Å². The van der Waals surface area contributed by atoms with E-state index in [-0.39, 0.29) is 11.8 Å². The van der Waals surface area contributed by atoms with Crippen LogP contribution < -0.4 is 5.32 Å². The molecule has 3 nitrogen and oxygen atoms in total. The van der Waals surface area contributed by atoms with Crippen LogP contribution in [0.5, 0.6) is 5.75 Å². The highest BCUT2D eigenvalue weighted by Gasteiger charge is 2.17. The second-order valence-corrected chi connectivity index (χ2v) is 5.00. The highest BCUT2D eigenvalue weighted by atomic mass is 16.3. The summed E-state index contributed by atoms with van der Waals surface area (Å²) in [6.45, 7) is 1.96. The van der Waals surface area contributed by atoms with Crippen molar-refractivity contribution in [2.24, 2.45) is 0 Å². The topological polar surface area (TPSA) is 45.4 Å². The number of phenols is 1. The summed E-state index contributed by atoms with van der Waals surface area (Å²) in [4.78, 5) is 0. The van der Waals surface area contributed by atoms with Crippen LogP contribution in [-0.2, 0) is 0 Å². The first kappa shape index (κ1) is 13.3. The maximum Gasteiger partial charge on any atom is 0.130 e. The molecule has 0 radical (unpaired) electrons. The number of furan rings is 1. The standard InChI is InChI=1S/C18H17NO2/c1-13-12-15(20)9-10-16(13)19-18(17-8-5-11-21-17)14-6-3-2-4-7-14/h2-12,18-20H,1H3. The smallest absolute Gasteiger partial charge is 0.130 e. The Morgan fingerprint density at radius 3 is 2.48 bits per heavy atom. The molecular weight excluding hydrogens is 262 g/mol. The molecule has 0 saturated heterocycles. The van der Waals surface area contributed by atoms with Crippen molar-refractivity contribution in [1.29, 1.82) is 0 Å². The summed E-state index contributed by atoms with van der Waals surface area (Å²) >= 11 is 0. The van der Waals surface area contributed by atoms with E-state index in [0.29, 0.717) is 0 Å². The number of aromatic hydroxyl groups is 1. The quantitative estimate of drug-likeness (QED) is 0.691. The molecule has 1 atom stereocenters. The van der Waals surface area contributed by atoms with Gasteiger partial charge in [0.1, 0.15) is 17.6 Å². The fourth-order valence-electron chi connectivity index (χ4n) is 2.39. The van der Waals surface area contributed by atoms with Crippen LogP contribution in [0.1, 0.15) is 22.9 Å². The molecule has 0 aliphatic heterocycles. The van der Waals surface area contributed by atoms with Crippen molar-refractivity contribution in [3.63, 3.8) is 0 Å². The Balaban J connectivity index is 1.97. The normalized spacial score (nSPS) is 12.0. The molecule has 0 aliphatic carbocycles. The van der Waals surface area contributed by atoms with Gasteiger partial charge in [-0.3, -0.25) is 0 Å². The second-order valence-electron chi connectivity index (χ2n) is 5.00. The van der Waals surface area contributed by atoms with Gasteiger partial charge in [-0.05, 0) is 48.4 Å². The maximum absolute atomic E-state index is 9.53. The average molecular weight is 279 g/mol. The Hall–Kier alpha value is -2.68. The predicted octanol–water partition coefficient (Wildman–Crippen LogP) is 4.50. The molecule has 1 aromatic heterocycles. The zero-order valence-corrected chi connectivity index (χ0v) is 11.8. The van der Waals surface area contributed by atoms with Crippen molar-refractivity contribution >= 4 is 5.69 Å². The lowest BCUT2D eigenvalue weighted by atomic mass is 10.0. The van der Waals surface area contributed by atoms with Gasteiger partial charge in [0.15, 0.2) is 0 Å². The molecule has 1 unspecified atom stereocenters. The van der Waals surface area contributed by atoms with Crippen LogP contribution in [0.2, 0.25) is 0 Å². The molecule has 2 N–H and O–H groups in total. The van der Waals surface area contributed by atoms with Gasteiger partial charge in [0, 0.05) is 5.69 Å². The van der Waals surface area contributed by atoms with Gasteiger partial charge >= 0.3 is 0 Å². The Morgan fingerprint density at radius 1 is 1.00 bits per heavy atom. The van der Waals surface area contributed by atoms with Gasteiger partial charge in [0.05, 0.1) is 6.26 Å². The van der Waals surface area contributed by atoms with Gasteiger partial charge in [-0.2, -0.15) is 0 Å². The first-order valence-electron chi connectivity index (χ1n) is 6.88. The van der Waals surface area contributed by atoms with Crippen molar-refractivity contribution in [1.82, 2.24) is 0 Å². The zero-order chi connectivity index (χ0) is 14.7. The van der Waals surface area contributed by atoms with Crippen molar-refractivity contribution in [3.8, 4) is 5.75 Å². The van der Waals surface area contributed by atoms with E-state index in [1.807, 2.05) is 43.3 Å². The lowest BCUT2D eigenvalue weighted by molar-refractivity contribution is 0.475. The van der Waals surface area contributed by atoms with Gasteiger partial charge < -0.3 is 14.8 Å². The van der Waals surface area contributed by atoms with E-state index in [1.54, 1.807) is 18.4 Å². The lowest BCUT2D eigenvalue weighted by Crippen LogP contribution is -2.12. The van der Waals surface area contributed by atoms with Gasteiger partial charge in [0.2, 0.25) is 0 Å². The summed E-state index contributed by atoms with van der Waals surface area (Å²) in [6.07, 6.45) is 1.68. The molecule has 2 aromatic carbocycles. The largest absolute Gasteiger partial charge is 0.508 e. The Bertz CT molecular complexity index is 705. The fraction of sp³-hybridized carbons (Fsp3) is 0.111. The molecule has 3 rings (SSSR count). The van der Waals surface area contributed by atoms with Crippen molar-refractivity contribution in [2.75, 3.05) is 5.32 Å². The number of hydrogen-bond donors (Lipinski definition) is 2. The summed E-state index contributed by atoms with van der Waals surface area (Å²) in [5.41, 5.74) is 3.08. The second kappa shape index (κ2) is 5.75. The number of rotatable bonds is 4. The minimum atomic E-state index is -0.0653. The van der Waals surface area contributed by atoms with Crippen LogP contribution in [0.15, 0.2) is 71.3 Å². The van der Waals surface area contributed by atoms with Crippen molar-refractivity contribution < 1.29 is 9.52 Å². The Labute approximate surface area is 123 Å². The van der Waals surface area contributed by atoms with Crippen LogP contribution in [0.25, 0.3) is 0 Å². The van der Waals surface area contributed by atoms with Crippen LogP contribution in [0.3, 0.4) is 0 Å². The fourth-order valence-corrected chi connectivity index (χ4v) is 2.39. The number of hydrogen-bond acceptors (Lipinski definition) is 3. The molecule has 0 spiro atoms. The van der Waals surface area contributed by atoms with Gasteiger partial charge in [0.25, 0.3) is 0 Å². The van der Waals surface area contributed by atoms with Crippen LogP contribution in [0, 0.1) is 6.92 Å². The number of aryl methyl sites for hydroxylation is 1. The molecule has 0 fully saturated rings. The average Bonchev–Trinajstić information content (AvgIpc) is 3.01. The Kier molecular flexibility index (Phi) is 3.65. The minimum absolute atomic E-state index is 0.0653. The molecule has 0 saturated carbocycles. The first-order chi connectivity index (χ1) is 10.2. The minimum Gasteiger partial charge on any atom is -0.508 e. The highest BCUT2D eigenvalue weighted by Crippen LogP contribution is 2.29. The molecule has 0 bridgehead atoms.